The molecule has 0 radical (unpaired) electrons. The Kier molecular flexibility index (Phi) is 4.12. The third-order valence-electron chi connectivity index (χ3n) is 2.96. The van der Waals surface area contributed by atoms with Crippen LogP contribution in [0.3, 0.4) is 0 Å². The fraction of sp³-hybridized carbons (Fsp3) is 0.286. The van der Waals surface area contributed by atoms with Crippen LogP contribution in [0.1, 0.15) is 34.0 Å². The van der Waals surface area contributed by atoms with Crippen molar-refractivity contribution in [2.75, 3.05) is 0 Å². The van der Waals surface area contributed by atoms with Gasteiger partial charge >= 0.3 is 6.55 Å². The smallest absolute Gasteiger partial charge is 0.319 e. The molecule has 106 valence electrons. The molecule has 0 atom stereocenters. The summed E-state index contributed by atoms with van der Waals surface area (Å²) in [5.74, 6) is -0.520. The second-order valence-corrected chi connectivity index (χ2v) is 4.50. The maximum atomic E-state index is 12.9. The van der Waals surface area contributed by atoms with Crippen molar-refractivity contribution in [2.45, 2.75) is 26.9 Å². The molecule has 2 heterocycles. The molecule has 0 fully saturated rings. The lowest BCUT2D eigenvalue weighted by molar-refractivity contribution is 0.0617. The van der Waals surface area contributed by atoms with Gasteiger partial charge in [0.15, 0.2) is 0 Å². The van der Waals surface area contributed by atoms with E-state index in [1.807, 2.05) is 13.0 Å². The molecule has 1 amide bonds. The highest BCUT2D eigenvalue weighted by atomic mass is 19.3. The van der Waals surface area contributed by atoms with Crippen LogP contribution in [-0.2, 0) is 6.54 Å². The van der Waals surface area contributed by atoms with Gasteiger partial charge in [-0.3, -0.25) is 14.3 Å². The summed E-state index contributed by atoms with van der Waals surface area (Å²) >= 11 is 0. The topological polar surface area (TPSA) is 46.9 Å². The zero-order valence-electron chi connectivity index (χ0n) is 11.2. The lowest BCUT2D eigenvalue weighted by Crippen LogP contribution is -2.26. The Balaban J connectivity index is 2.09. The molecule has 0 saturated carbocycles. The van der Waals surface area contributed by atoms with Gasteiger partial charge in [0.05, 0.1) is 0 Å². The largest absolute Gasteiger partial charge is 0.347 e. The number of carbonyl (C=O) groups is 1. The van der Waals surface area contributed by atoms with Crippen LogP contribution in [0.4, 0.5) is 8.78 Å². The molecule has 0 saturated heterocycles. The molecule has 4 nitrogen and oxygen atoms in total. The highest BCUT2D eigenvalue weighted by molar-refractivity contribution is 5.92. The van der Waals surface area contributed by atoms with Crippen molar-refractivity contribution >= 4 is 5.91 Å². The molecule has 0 spiro atoms. The van der Waals surface area contributed by atoms with Gasteiger partial charge in [-0.1, -0.05) is 0 Å². The molecular formula is C14H15F2N3O. The molecule has 0 aromatic carbocycles. The summed E-state index contributed by atoms with van der Waals surface area (Å²) in [5.41, 5.74) is 2.02. The molecule has 20 heavy (non-hydrogen) atoms. The Bertz CT molecular complexity index is 623. The van der Waals surface area contributed by atoms with Gasteiger partial charge < -0.3 is 5.32 Å². The zero-order valence-corrected chi connectivity index (χ0v) is 11.2. The van der Waals surface area contributed by atoms with Crippen LogP contribution < -0.4 is 5.32 Å². The molecule has 0 bridgehead atoms. The van der Waals surface area contributed by atoms with Crippen molar-refractivity contribution in [3.8, 4) is 0 Å². The SMILES string of the molecule is Cc1cc(CNC(=O)c2ccc(C)n2C(F)F)ccn1. The predicted molar refractivity (Wildman–Crippen MR) is 70.6 cm³/mol. The zero-order chi connectivity index (χ0) is 14.7. The van der Waals surface area contributed by atoms with E-state index in [2.05, 4.69) is 10.3 Å². The molecule has 0 aliphatic rings. The first-order valence-electron chi connectivity index (χ1n) is 6.14. The Hall–Kier alpha value is -2.24. The third-order valence-corrected chi connectivity index (χ3v) is 2.96. The average Bonchev–Trinajstić information content (AvgIpc) is 2.78. The van der Waals surface area contributed by atoms with Crippen LogP contribution in [0.5, 0.6) is 0 Å². The standard InChI is InChI=1S/C14H15F2N3O/c1-9-7-11(5-6-17-9)8-18-13(20)12-4-3-10(2)19(12)14(15)16/h3-7,14H,8H2,1-2H3,(H,18,20). The number of hydrogen-bond acceptors (Lipinski definition) is 2. The van der Waals surface area contributed by atoms with Crippen LogP contribution in [0.25, 0.3) is 0 Å². The predicted octanol–water partition coefficient (Wildman–Crippen LogP) is 2.83. The summed E-state index contributed by atoms with van der Waals surface area (Å²) in [4.78, 5) is 16.0. The first-order valence-corrected chi connectivity index (χ1v) is 6.14. The molecule has 1 N–H and O–H groups in total. The molecule has 0 aliphatic heterocycles. The average molecular weight is 279 g/mol. The fourth-order valence-electron chi connectivity index (χ4n) is 1.98. The van der Waals surface area contributed by atoms with E-state index in [-0.39, 0.29) is 12.2 Å². The second-order valence-electron chi connectivity index (χ2n) is 4.50. The van der Waals surface area contributed by atoms with Gasteiger partial charge in [0.1, 0.15) is 5.69 Å². The van der Waals surface area contributed by atoms with Crippen LogP contribution in [0, 0.1) is 13.8 Å². The number of aryl methyl sites for hydroxylation is 2. The van der Waals surface area contributed by atoms with E-state index in [9.17, 15) is 13.6 Å². The number of nitrogens with one attached hydrogen (secondary N) is 1. The number of halogens is 2. The normalized spacial score (nSPS) is 10.8. The van der Waals surface area contributed by atoms with E-state index >= 15 is 0 Å². The van der Waals surface area contributed by atoms with Gasteiger partial charge in [0, 0.05) is 24.1 Å². The second kappa shape index (κ2) is 5.81. The highest BCUT2D eigenvalue weighted by Gasteiger charge is 2.18. The van der Waals surface area contributed by atoms with Crippen LogP contribution in [0.15, 0.2) is 30.5 Å². The Labute approximate surface area is 115 Å². The number of hydrogen-bond donors (Lipinski definition) is 1. The van der Waals surface area contributed by atoms with Gasteiger partial charge in [-0.15, -0.1) is 0 Å². The number of alkyl halides is 2. The molecule has 2 aromatic heterocycles. The van der Waals surface area contributed by atoms with E-state index in [0.29, 0.717) is 10.3 Å². The van der Waals surface area contributed by atoms with Crippen molar-refractivity contribution in [1.29, 1.82) is 0 Å². The minimum atomic E-state index is -2.73. The van der Waals surface area contributed by atoms with Crippen molar-refractivity contribution in [2.24, 2.45) is 0 Å². The summed E-state index contributed by atoms with van der Waals surface area (Å²) in [6.45, 7) is 0.926. The van der Waals surface area contributed by atoms with Gasteiger partial charge in [-0.25, -0.2) is 0 Å². The first kappa shape index (κ1) is 14.2. The van der Waals surface area contributed by atoms with Crippen LogP contribution in [0.2, 0.25) is 0 Å². The number of rotatable bonds is 4. The molecule has 6 heteroatoms. The Morgan fingerprint density at radius 1 is 1.35 bits per heavy atom. The summed E-state index contributed by atoms with van der Waals surface area (Å²) in [5, 5.41) is 2.63. The third kappa shape index (κ3) is 3.01. The molecule has 0 aliphatic carbocycles. The Morgan fingerprint density at radius 3 is 2.75 bits per heavy atom. The van der Waals surface area contributed by atoms with Crippen molar-refractivity contribution in [3.05, 3.63) is 53.1 Å². The molecule has 2 rings (SSSR count). The van der Waals surface area contributed by atoms with Crippen molar-refractivity contribution in [3.63, 3.8) is 0 Å². The van der Waals surface area contributed by atoms with Gasteiger partial charge in [-0.2, -0.15) is 8.78 Å². The van der Waals surface area contributed by atoms with Crippen molar-refractivity contribution in [1.82, 2.24) is 14.9 Å². The monoisotopic (exact) mass is 279 g/mol. The summed E-state index contributed by atoms with van der Waals surface area (Å²) in [7, 11) is 0. The maximum Gasteiger partial charge on any atom is 0.319 e. The van der Waals surface area contributed by atoms with Gasteiger partial charge in [0.25, 0.3) is 5.91 Å². The fourth-order valence-corrected chi connectivity index (χ4v) is 1.98. The van der Waals surface area contributed by atoms with E-state index in [1.54, 1.807) is 12.3 Å². The maximum absolute atomic E-state index is 12.9. The number of amides is 1. The Morgan fingerprint density at radius 2 is 2.10 bits per heavy atom. The van der Waals surface area contributed by atoms with Crippen LogP contribution in [-0.4, -0.2) is 15.5 Å². The molecular weight excluding hydrogens is 264 g/mol. The number of nitrogens with zero attached hydrogens (tertiary/aromatic N) is 2. The van der Waals surface area contributed by atoms with E-state index in [0.717, 1.165) is 11.3 Å². The van der Waals surface area contributed by atoms with E-state index < -0.39 is 12.5 Å². The quantitative estimate of drug-likeness (QED) is 0.935. The lowest BCUT2D eigenvalue weighted by atomic mass is 10.2. The van der Waals surface area contributed by atoms with E-state index in [1.165, 1.54) is 19.1 Å². The summed E-state index contributed by atoms with van der Waals surface area (Å²) < 4.78 is 26.5. The van der Waals surface area contributed by atoms with Gasteiger partial charge in [0.2, 0.25) is 0 Å². The summed E-state index contributed by atoms with van der Waals surface area (Å²) in [6.07, 6.45) is 1.64. The summed E-state index contributed by atoms with van der Waals surface area (Å²) in [6, 6.07) is 6.49. The van der Waals surface area contributed by atoms with Gasteiger partial charge in [-0.05, 0) is 43.7 Å². The lowest BCUT2D eigenvalue weighted by Gasteiger charge is -2.10. The number of aromatic nitrogens is 2. The van der Waals surface area contributed by atoms with Crippen LogP contribution >= 0.6 is 0 Å². The molecule has 2 aromatic rings. The first-order chi connectivity index (χ1) is 9.49. The number of pyridine rings is 1. The number of carbonyl (C=O) groups excluding carboxylic acids is 1. The minimum absolute atomic E-state index is 0.0386. The highest BCUT2D eigenvalue weighted by Crippen LogP contribution is 2.18. The molecule has 0 unspecified atom stereocenters. The van der Waals surface area contributed by atoms with E-state index in [4.69, 9.17) is 0 Å². The van der Waals surface area contributed by atoms with Crippen molar-refractivity contribution < 1.29 is 13.6 Å². The minimum Gasteiger partial charge on any atom is -0.347 e.